The van der Waals surface area contributed by atoms with Crippen LogP contribution in [0.15, 0.2) is 67.0 Å². The van der Waals surface area contributed by atoms with Crippen LogP contribution in [0.1, 0.15) is 23.2 Å². The summed E-state index contributed by atoms with van der Waals surface area (Å²) in [5.74, 6) is -1.02. The van der Waals surface area contributed by atoms with Crippen molar-refractivity contribution in [2.24, 2.45) is 5.73 Å². The number of anilines is 1. The van der Waals surface area contributed by atoms with Crippen LogP contribution in [-0.4, -0.2) is 33.5 Å². The zero-order chi connectivity index (χ0) is 21.8. The van der Waals surface area contributed by atoms with Gasteiger partial charge in [-0.05, 0) is 54.4 Å². The molecule has 2 aromatic carbocycles. The van der Waals surface area contributed by atoms with Gasteiger partial charge in [0.05, 0.1) is 5.56 Å². The maximum atomic E-state index is 12.0. The Morgan fingerprint density at radius 1 is 1.03 bits per heavy atom. The summed E-state index contributed by atoms with van der Waals surface area (Å²) < 4.78 is 0. The van der Waals surface area contributed by atoms with Gasteiger partial charge in [-0.25, -0.2) is 9.78 Å². The molecule has 0 unspecified atom stereocenters. The van der Waals surface area contributed by atoms with E-state index in [9.17, 15) is 9.59 Å². The van der Waals surface area contributed by atoms with E-state index in [4.69, 9.17) is 10.8 Å². The number of rotatable bonds is 7. The molecule has 0 bridgehead atoms. The number of hydrogen-bond acceptors (Lipinski definition) is 4. The van der Waals surface area contributed by atoms with Crippen molar-refractivity contribution in [1.29, 1.82) is 0 Å². The number of carbonyl (C=O) groups is 2. The fraction of sp³-hybridized carbons (Fsp3) is 0.125. The summed E-state index contributed by atoms with van der Waals surface area (Å²) in [6.07, 6.45) is 4.69. The lowest BCUT2D eigenvalue weighted by Crippen LogP contribution is -2.13. The number of carbonyl (C=O) groups excluding carboxylic acids is 1. The van der Waals surface area contributed by atoms with Gasteiger partial charge < -0.3 is 21.1 Å². The maximum absolute atomic E-state index is 12.0. The summed E-state index contributed by atoms with van der Waals surface area (Å²) in [6.45, 7) is 0.483. The van der Waals surface area contributed by atoms with E-state index in [1.54, 1.807) is 30.5 Å². The summed E-state index contributed by atoms with van der Waals surface area (Å²) in [5.41, 5.74) is 10.9. The highest BCUT2D eigenvalue weighted by Crippen LogP contribution is 2.31. The van der Waals surface area contributed by atoms with E-state index < -0.39 is 5.97 Å². The van der Waals surface area contributed by atoms with Crippen molar-refractivity contribution in [2.45, 2.75) is 12.8 Å². The summed E-state index contributed by atoms with van der Waals surface area (Å²) in [5, 5.41) is 12.9. The van der Waals surface area contributed by atoms with Gasteiger partial charge in [-0.1, -0.05) is 24.3 Å². The molecule has 2 aromatic heterocycles. The number of aromatic amines is 1. The number of fused-ring (bicyclic) bond motifs is 1. The molecule has 7 heteroatoms. The van der Waals surface area contributed by atoms with E-state index >= 15 is 0 Å². The molecule has 1 amide bonds. The predicted molar refractivity (Wildman–Crippen MR) is 121 cm³/mol. The normalized spacial score (nSPS) is 10.9. The number of carboxylic acid groups (broad SMARTS) is 1. The third-order valence-electron chi connectivity index (χ3n) is 5.06. The van der Waals surface area contributed by atoms with Crippen LogP contribution in [0, 0.1) is 0 Å². The number of nitrogens with zero attached hydrogens (tertiary/aromatic N) is 1. The first-order valence-electron chi connectivity index (χ1n) is 9.96. The van der Waals surface area contributed by atoms with Gasteiger partial charge in [0.25, 0.3) is 0 Å². The molecule has 4 aromatic rings. The second kappa shape index (κ2) is 8.81. The highest BCUT2D eigenvalue weighted by Gasteiger charge is 2.11. The van der Waals surface area contributed by atoms with Gasteiger partial charge in [0.2, 0.25) is 5.91 Å². The Labute approximate surface area is 178 Å². The standard InChI is InChI=1S/C24H22N4O3/c25-10-2-5-22(29)28-19-4-1-3-17(11-19)18-12-20-21(14-27-23(20)26-13-18)15-6-8-16(9-7-15)24(30)31/h1,3-4,6-9,11-14H,2,5,10,25H2,(H,26,27)(H,28,29)(H,30,31). The van der Waals surface area contributed by atoms with Gasteiger partial charge in [-0.3, -0.25) is 4.79 Å². The Balaban J connectivity index is 1.65. The second-order valence-electron chi connectivity index (χ2n) is 7.23. The molecule has 4 rings (SSSR count). The van der Waals surface area contributed by atoms with E-state index in [0.29, 0.717) is 19.4 Å². The molecule has 0 aliphatic carbocycles. The number of amides is 1. The maximum Gasteiger partial charge on any atom is 0.335 e. The van der Waals surface area contributed by atoms with Crippen LogP contribution in [0.25, 0.3) is 33.3 Å². The molecule has 31 heavy (non-hydrogen) atoms. The summed E-state index contributed by atoms with van der Waals surface area (Å²) in [4.78, 5) is 30.8. The van der Waals surface area contributed by atoms with Crippen molar-refractivity contribution in [2.75, 3.05) is 11.9 Å². The molecule has 0 saturated heterocycles. The van der Waals surface area contributed by atoms with E-state index in [2.05, 4.69) is 15.3 Å². The first kappa shape index (κ1) is 20.3. The first-order valence-corrected chi connectivity index (χ1v) is 9.96. The number of benzene rings is 2. The minimum atomic E-state index is -0.954. The number of aromatic nitrogens is 2. The molecular formula is C24H22N4O3. The van der Waals surface area contributed by atoms with Crippen LogP contribution in [0.2, 0.25) is 0 Å². The molecule has 0 saturated carbocycles. The van der Waals surface area contributed by atoms with E-state index in [-0.39, 0.29) is 11.5 Å². The Morgan fingerprint density at radius 2 is 1.84 bits per heavy atom. The number of H-pyrrole nitrogens is 1. The van der Waals surface area contributed by atoms with Gasteiger partial charge >= 0.3 is 5.97 Å². The van der Waals surface area contributed by atoms with Gasteiger partial charge in [0, 0.05) is 41.0 Å². The van der Waals surface area contributed by atoms with Gasteiger partial charge in [-0.2, -0.15) is 0 Å². The number of pyridine rings is 1. The zero-order valence-corrected chi connectivity index (χ0v) is 16.8. The van der Waals surface area contributed by atoms with Crippen LogP contribution in [0.3, 0.4) is 0 Å². The summed E-state index contributed by atoms with van der Waals surface area (Å²) in [7, 11) is 0. The van der Waals surface area contributed by atoms with Crippen molar-refractivity contribution < 1.29 is 14.7 Å². The predicted octanol–water partition coefficient (Wildman–Crippen LogP) is 4.27. The molecule has 0 aliphatic rings. The zero-order valence-electron chi connectivity index (χ0n) is 16.8. The molecule has 0 aliphatic heterocycles. The first-order chi connectivity index (χ1) is 15.0. The van der Waals surface area contributed by atoms with Gasteiger partial charge in [0.1, 0.15) is 5.65 Å². The molecule has 156 valence electrons. The van der Waals surface area contributed by atoms with Crippen LogP contribution in [-0.2, 0) is 4.79 Å². The van der Waals surface area contributed by atoms with Crippen molar-refractivity contribution >= 4 is 28.6 Å². The number of nitrogens with one attached hydrogen (secondary N) is 2. The second-order valence-corrected chi connectivity index (χ2v) is 7.23. The minimum absolute atomic E-state index is 0.0612. The summed E-state index contributed by atoms with van der Waals surface area (Å²) >= 11 is 0. The smallest absolute Gasteiger partial charge is 0.335 e. The molecule has 2 heterocycles. The van der Waals surface area contributed by atoms with E-state index in [1.165, 1.54) is 0 Å². The average Bonchev–Trinajstić information content (AvgIpc) is 3.21. The Morgan fingerprint density at radius 3 is 2.58 bits per heavy atom. The molecule has 7 nitrogen and oxygen atoms in total. The highest BCUT2D eigenvalue weighted by molar-refractivity contribution is 5.97. The van der Waals surface area contributed by atoms with Crippen LogP contribution in [0.5, 0.6) is 0 Å². The molecular weight excluding hydrogens is 392 g/mol. The number of hydrogen-bond donors (Lipinski definition) is 4. The number of carboxylic acids is 1. The van der Waals surface area contributed by atoms with Crippen molar-refractivity contribution in [3.8, 4) is 22.3 Å². The molecule has 0 atom stereocenters. The van der Waals surface area contributed by atoms with E-state index in [0.717, 1.165) is 39.0 Å². The fourth-order valence-electron chi connectivity index (χ4n) is 3.46. The van der Waals surface area contributed by atoms with Gasteiger partial charge in [0.15, 0.2) is 0 Å². The number of nitrogens with two attached hydrogens (primary N) is 1. The SMILES string of the molecule is NCCCC(=O)Nc1cccc(-c2cnc3[nH]cc(-c4ccc(C(=O)O)cc4)c3c2)c1. The Hall–Kier alpha value is -3.97. The Kier molecular flexibility index (Phi) is 5.77. The lowest BCUT2D eigenvalue weighted by molar-refractivity contribution is -0.116. The Bertz CT molecular complexity index is 1250. The lowest BCUT2D eigenvalue weighted by Gasteiger charge is -2.08. The van der Waals surface area contributed by atoms with Crippen LogP contribution < -0.4 is 11.1 Å². The van der Waals surface area contributed by atoms with E-state index in [1.807, 2.05) is 36.5 Å². The highest BCUT2D eigenvalue weighted by atomic mass is 16.4. The largest absolute Gasteiger partial charge is 0.478 e. The number of aromatic carboxylic acids is 1. The quantitative estimate of drug-likeness (QED) is 0.360. The molecule has 0 radical (unpaired) electrons. The topological polar surface area (TPSA) is 121 Å². The van der Waals surface area contributed by atoms with Crippen LogP contribution in [0.4, 0.5) is 5.69 Å². The van der Waals surface area contributed by atoms with Crippen molar-refractivity contribution in [3.05, 3.63) is 72.6 Å². The monoisotopic (exact) mass is 414 g/mol. The molecule has 5 N–H and O–H groups in total. The van der Waals surface area contributed by atoms with Gasteiger partial charge in [-0.15, -0.1) is 0 Å². The molecule has 0 fully saturated rings. The third kappa shape index (κ3) is 4.46. The third-order valence-corrected chi connectivity index (χ3v) is 5.06. The van der Waals surface area contributed by atoms with Crippen molar-refractivity contribution in [1.82, 2.24) is 9.97 Å². The average molecular weight is 414 g/mol. The fourth-order valence-corrected chi connectivity index (χ4v) is 3.46. The van der Waals surface area contributed by atoms with Crippen LogP contribution >= 0.6 is 0 Å². The minimum Gasteiger partial charge on any atom is -0.478 e. The summed E-state index contributed by atoms with van der Waals surface area (Å²) in [6, 6.07) is 16.4. The lowest BCUT2D eigenvalue weighted by atomic mass is 10.0. The van der Waals surface area contributed by atoms with Crippen molar-refractivity contribution in [3.63, 3.8) is 0 Å². The molecule has 0 spiro atoms.